The zero-order valence-corrected chi connectivity index (χ0v) is 9.43. The minimum absolute atomic E-state index is 0.164. The molecular weight excluding hydrogens is 185 g/mol. The van der Waals surface area contributed by atoms with Gasteiger partial charge in [-0.15, -0.1) is 27.7 Å². The Morgan fingerprint density at radius 1 is 1.50 bits per heavy atom. The summed E-state index contributed by atoms with van der Waals surface area (Å²) < 4.78 is 4.54. The molecule has 3 unspecified atom stereocenters. The third kappa shape index (κ3) is 6.87. The van der Waals surface area contributed by atoms with Crippen LogP contribution in [0.2, 0.25) is 0 Å². The molecule has 0 rings (SSSR count). The van der Waals surface area contributed by atoms with Crippen LogP contribution < -0.4 is 0 Å². The number of carbonyl (C=O) groups excluding carboxylic acids is 1. The lowest BCUT2D eigenvalue weighted by Crippen LogP contribution is -2.12. The summed E-state index contributed by atoms with van der Waals surface area (Å²) in [5.41, 5.74) is 0. The van der Waals surface area contributed by atoms with E-state index < -0.39 is 0 Å². The molecule has 0 aromatic heterocycles. The number of hydrogen-bond acceptors (Lipinski definition) is 2. The highest BCUT2D eigenvalue weighted by Gasteiger charge is 2.16. The molecular formula is C5H13O2P3. The van der Waals surface area contributed by atoms with E-state index in [0.29, 0.717) is 13.0 Å². The van der Waals surface area contributed by atoms with E-state index in [4.69, 9.17) is 4.74 Å². The Kier molecular flexibility index (Phi) is 4.95. The Balaban J connectivity index is 3.58. The molecule has 0 aliphatic heterocycles. The number of rotatable bonds is 3. The number of carbonyl (C=O) groups is 1. The molecule has 0 spiro atoms. The molecule has 3 atom stereocenters. The van der Waals surface area contributed by atoms with Crippen LogP contribution in [0.15, 0.2) is 0 Å². The molecule has 0 aliphatic carbocycles. The number of ether oxygens (including phenoxy) is 1. The van der Waals surface area contributed by atoms with Crippen LogP contribution in [-0.2, 0) is 9.53 Å². The first-order chi connectivity index (χ1) is 4.45. The van der Waals surface area contributed by atoms with Gasteiger partial charge in [0.1, 0.15) is 0 Å². The summed E-state index contributed by atoms with van der Waals surface area (Å²) in [6, 6.07) is 0. The molecule has 0 aromatic carbocycles. The summed E-state index contributed by atoms with van der Waals surface area (Å²) in [4.78, 5) is 10.8. The van der Waals surface area contributed by atoms with E-state index in [1.807, 2.05) is 0 Å². The van der Waals surface area contributed by atoms with Crippen molar-refractivity contribution >= 4 is 33.7 Å². The van der Waals surface area contributed by atoms with E-state index in [2.05, 4.69) is 27.7 Å². The van der Waals surface area contributed by atoms with Crippen LogP contribution in [0, 0.1) is 0 Å². The van der Waals surface area contributed by atoms with Crippen LogP contribution in [0.3, 0.4) is 0 Å². The molecule has 10 heavy (non-hydrogen) atoms. The van der Waals surface area contributed by atoms with Gasteiger partial charge in [0, 0.05) is 4.64 Å². The fraction of sp³-hybridized carbons (Fsp3) is 0.800. The molecule has 0 radical (unpaired) electrons. The first-order valence-electron chi connectivity index (χ1n) is 2.98. The first kappa shape index (κ1) is 10.8. The lowest BCUT2D eigenvalue weighted by atomic mass is 10.5. The van der Waals surface area contributed by atoms with E-state index in [-0.39, 0.29) is 10.6 Å². The van der Waals surface area contributed by atoms with Crippen molar-refractivity contribution in [3.05, 3.63) is 0 Å². The lowest BCUT2D eigenvalue weighted by Gasteiger charge is -2.15. The second-order valence-corrected chi connectivity index (χ2v) is 7.32. The number of esters is 1. The highest BCUT2D eigenvalue weighted by Crippen LogP contribution is 2.37. The molecule has 60 valence electrons. The quantitative estimate of drug-likeness (QED) is 0.503. The molecule has 0 saturated carbocycles. The van der Waals surface area contributed by atoms with Gasteiger partial charge in [0.2, 0.25) is 0 Å². The highest BCUT2D eigenvalue weighted by molar-refractivity contribution is 7.57. The maximum Gasteiger partial charge on any atom is 0.307 e. The summed E-state index contributed by atoms with van der Waals surface area (Å²) in [5.74, 6) is -0.164. The van der Waals surface area contributed by atoms with Gasteiger partial charge in [0.25, 0.3) is 0 Å². The molecule has 0 bridgehead atoms. The van der Waals surface area contributed by atoms with E-state index in [1.165, 1.54) is 0 Å². The van der Waals surface area contributed by atoms with Crippen LogP contribution in [0.1, 0.15) is 13.3 Å². The van der Waals surface area contributed by atoms with Crippen molar-refractivity contribution in [3.8, 4) is 0 Å². The van der Waals surface area contributed by atoms with Gasteiger partial charge in [-0.25, -0.2) is 0 Å². The second-order valence-electron chi connectivity index (χ2n) is 2.09. The number of hydrogen-bond donors (Lipinski definition) is 0. The Bertz CT molecular complexity index is 119. The van der Waals surface area contributed by atoms with Crippen molar-refractivity contribution in [2.24, 2.45) is 0 Å². The molecule has 0 amide bonds. The Morgan fingerprint density at radius 3 is 2.30 bits per heavy atom. The molecule has 2 nitrogen and oxygen atoms in total. The predicted octanol–water partition coefficient (Wildman–Crippen LogP) is 1.22. The average molecular weight is 198 g/mol. The van der Waals surface area contributed by atoms with Gasteiger partial charge in [0.15, 0.2) is 0 Å². The predicted molar refractivity (Wildman–Crippen MR) is 53.1 cm³/mol. The van der Waals surface area contributed by atoms with Crippen molar-refractivity contribution in [1.82, 2.24) is 0 Å². The zero-order chi connectivity index (χ0) is 8.20. The van der Waals surface area contributed by atoms with E-state index in [9.17, 15) is 4.79 Å². The van der Waals surface area contributed by atoms with Gasteiger partial charge >= 0.3 is 5.97 Å². The molecule has 5 heteroatoms. The normalized spacial score (nSPS) is 11.2. The summed E-state index contributed by atoms with van der Waals surface area (Å²) in [5, 5.41) is 0. The van der Waals surface area contributed by atoms with E-state index in [1.54, 1.807) is 6.92 Å². The largest absolute Gasteiger partial charge is 0.466 e. The summed E-state index contributed by atoms with van der Waals surface area (Å²) in [6.07, 6.45) is 0.390. The van der Waals surface area contributed by atoms with Gasteiger partial charge in [-0.05, 0) is 6.92 Å². The molecule has 0 saturated heterocycles. The van der Waals surface area contributed by atoms with Crippen LogP contribution >= 0.6 is 27.7 Å². The van der Waals surface area contributed by atoms with Gasteiger partial charge in [0.05, 0.1) is 13.0 Å². The molecule has 0 N–H and O–H groups in total. The Hall–Kier alpha value is 0.760. The van der Waals surface area contributed by atoms with Gasteiger partial charge in [-0.3, -0.25) is 4.79 Å². The SMILES string of the molecule is CCOC(=O)CC(P)(P)P. The van der Waals surface area contributed by atoms with Crippen LogP contribution in [0.4, 0.5) is 0 Å². The van der Waals surface area contributed by atoms with Gasteiger partial charge < -0.3 is 4.74 Å². The minimum Gasteiger partial charge on any atom is -0.466 e. The second kappa shape index (κ2) is 4.60. The third-order valence-electron chi connectivity index (χ3n) is 0.756. The fourth-order valence-corrected chi connectivity index (χ4v) is 0.962. The molecule has 0 fully saturated rings. The Labute approximate surface area is 68.5 Å². The zero-order valence-electron chi connectivity index (χ0n) is 5.96. The topological polar surface area (TPSA) is 26.3 Å². The van der Waals surface area contributed by atoms with Crippen molar-refractivity contribution in [2.75, 3.05) is 6.61 Å². The maximum atomic E-state index is 10.8. The maximum absolute atomic E-state index is 10.8. The Morgan fingerprint density at radius 2 is 2.00 bits per heavy atom. The first-order valence-corrected chi connectivity index (χ1v) is 4.71. The van der Waals surface area contributed by atoms with Crippen molar-refractivity contribution in [3.63, 3.8) is 0 Å². The highest BCUT2D eigenvalue weighted by atomic mass is 31.1. The average Bonchev–Trinajstić information content (AvgIpc) is 1.59. The fourth-order valence-electron chi connectivity index (χ4n) is 0.462. The van der Waals surface area contributed by atoms with E-state index >= 15 is 0 Å². The lowest BCUT2D eigenvalue weighted by molar-refractivity contribution is -0.142. The van der Waals surface area contributed by atoms with Gasteiger partial charge in [-0.2, -0.15) is 0 Å². The smallest absolute Gasteiger partial charge is 0.307 e. The van der Waals surface area contributed by atoms with Crippen molar-refractivity contribution in [1.29, 1.82) is 0 Å². The monoisotopic (exact) mass is 198 g/mol. The molecule has 0 aliphatic rings. The van der Waals surface area contributed by atoms with Crippen LogP contribution in [0.5, 0.6) is 0 Å². The summed E-state index contributed by atoms with van der Waals surface area (Å²) in [7, 11) is 7.61. The van der Waals surface area contributed by atoms with Crippen molar-refractivity contribution < 1.29 is 9.53 Å². The third-order valence-corrected chi connectivity index (χ3v) is 1.37. The summed E-state index contributed by atoms with van der Waals surface area (Å²) >= 11 is 0. The van der Waals surface area contributed by atoms with Crippen LogP contribution in [-0.4, -0.2) is 17.2 Å². The van der Waals surface area contributed by atoms with Crippen LogP contribution in [0.25, 0.3) is 0 Å². The van der Waals surface area contributed by atoms with Crippen molar-refractivity contribution in [2.45, 2.75) is 18.0 Å². The van der Waals surface area contributed by atoms with E-state index in [0.717, 1.165) is 0 Å². The standard InChI is InChI=1S/C5H13O2P3/c1-2-7-4(6)3-5(8,9)10/h2-3,8-10H2,1H3. The minimum atomic E-state index is -0.202. The van der Waals surface area contributed by atoms with Gasteiger partial charge in [-0.1, -0.05) is 0 Å². The molecule has 0 heterocycles. The molecule has 0 aromatic rings. The summed E-state index contributed by atoms with van der Waals surface area (Å²) in [6.45, 7) is 2.25.